The van der Waals surface area contributed by atoms with Crippen molar-refractivity contribution in [1.29, 1.82) is 0 Å². The first kappa shape index (κ1) is 27.9. The van der Waals surface area contributed by atoms with E-state index in [2.05, 4.69) is 17.2 Å². The van der Waals surface area contributed by atoms with Gasteiger partial charge in [0.05, 0.1) is 6.61 Å². The fourth-order valence-electron chi connectivity index (χ4n) is 2.66. The van der Waals surface area contributed by atoms with Gasteiger partial charge in [0.25, 0.3) is 0 Å². The Morgan fingerprint density at radius 2 is 1.50 bits per heavy atom. The summed E-state index contributed by atoms with van der Waals surface area (Å²) in [5, 5.41) is 2.63. The van der Waals surface area contributed by atoms with E-state index in [1.165, 1.54) is 37.0 Å². The van der Waals surface area contributed by atoms with Gasteiger partial charge in [-0.1, -0.05) is 51.9 Å². The number of likely N-dealkylation sites (N-methyl/N-ethyl adjacent to an activating group) is 1. The lowest BCUT2D eigenvalue weighted by molar-refractivity contribution is -0.143. The Kier molecular flexibility index (Phi) is 14.6. The third-order valence-corrected chi connectivity index (χ3v) is 4.13. The molecule has 0 radical (unpaired) electrons. The molecule has 0 aromatic rings. The standard InChI is InChI=1S/C22H41N3O5/c1-7-9-10-11-12-13-14-15-16-18(26)23-20(24-21(28)30-22(3,4)5)25(6)17-19(27)29-8-2/h7-17H2,1-6H3,(H,23,24,26,28). The number of esters is 1. The first-order valence-electron chi connectivity index (χ1n) is 11.1. The predicted molar refractivity (Wildman–Crippen MR) is 118 cm³/mol. The van der Waals surface area contributed by atoms with E-state index in [9.17, 15) is 14.4 Å². The number of hydrogen-bond acceptors (Lipinski definition) is 5. The van der Waals surface area contributed by atoms with Crippen molar-refractivity contribution in [3.63, 3.8) is 0 Å². The number of nitrogens with zero attached hydrogens (tertiary/aromatic N) is 2. The van der Waals surface area contributed by atoms with Crippen molar-refractivity contribution in [1.82, 2.24) is 10.2 Å². The van der Waals surface area contributed by atoms with Crippen molar-refractivity contribution >= 4 is 23.9 Å². The fourth-order valence-corrected chi connectivity index (χ4v) is 2.66. The van der Waals surface area contributed by atoms with Crippen LogP contribution < -0.4 is 5.32 Å². The maximum atomic E-state index is 12.3. The third-order valence-electron chi connectivity index (χ3n) is 4.13. The van der Waals surface area contributed by atoms with Gasteiger partial charge in [-0.05, 0) is 34.1 Å². The van der Waals surface area contributed by atoms with Gasteiger partial charge in [0.2, 0.25) is 11.9 Å². The minimum atomic E-state index is -0.833. The molecule has 0 rings (SSSR count). The van der Waals surface area contributed by atoms with E-state index >= 15 is 0 Å². The second-order valence-corrected chi connectivity index (χ2v) is 8.35. The van der Waals surface area contributed by atoms with Crippen LogP contribution in [-0.2, 0) is 19.1 Å². The maximum Gasteiger partial charge on any atom is 0.437 e. The monoisotopic (exact) mass is 427 g/mol. The van der Waals surface area contributed by atoms with Gasteiger partial charge in [-0.25, -0.2) is 4.79 Å². The van der Waals surface area contributed by atoms with Gasteiger partial charge in [0.15, 0.2) is 0 Å². The quantitative estimate of drug-likeness (QED) is 0.214. The topological polar surface area (TPSA) is 97.3 Å². The first-order valence-corrected chi connectivity index (χ1v) is 11.1. The molecule has 0 saturated heterocycles. The Labute approximate surface area is 181 Å². The molecule has 0 unspecified atom stereocenters. The Morgan fingerprint density at radius 1 is 0.933 bits per heavy atom. The molecule has 0 aromatic carbocycles. The normalized spacial score (nSPS) is 11.7. The number of amides is 2. The van der Waals surface area contributed by atoms with Crippen molar-refractivity contribution in [3.8, 4) is 0 Å². The van der Waals surface area contributed by atoms with Gasteiger partial charge in [0.1, 0.15) is 12.1 Å². The lowest BCUT2D eigenvalue weighted by Crippen LogP contribution is -2.45. The second kappa shape index (κ2) is 15.7. The van der Waals surface area contributed by atoms with Crippen LogP contribution in [0.1, 0.15) is 92.4 Å². The molecule has 0 aliphatic carbocycles. The largest absolute Gasteiger partial charge is 0.465 e. The molecular formula is C22H41N3O5. The zero-order valence-corrected chi connectivity index (χ0v) is 19.7. The number of rotatable bonds is 12. The van der Waals surface area contributed by atoms with Crippen molar-refractivity contribution in [2.24, 2.45) is 4.99 Å². The summed E-state index contributed by atoms with van der Waals surface area (Å²) in [6.07, 6.45) is 8.57. The van der Waals surface area contributed by atoms with Crippen molar-refractivity contribution in [2.45, 2.75) is 98.0 Å². The van der Waals surface area contributed by atoms with Crippen molar-refractivity contribution in [3.05, 3.63) is 0 Å². The number of guanidine groups is 1. The zero-order chi connectivity index (χ0) is 23.0. The minimum absolute atomic E-state index is 0.0260. The number of nitrogens with one attached hydrogen (secondary N) is 1. The number of hydrogen-bond donors (Lipinski definition) is 1. The highest BCUT2D eigenvalue weighted by atomic mass is 16.6. The summed E-state index contributed by atoms with van der Waals surface area (Å²) in [5.41, 5.74) is -0.716. The lowest BCUT2D eigenvalue weighted by Gasteiger charge is -2.22. The highest BCUT2D eigenvalue weighted by Gasteiger charge is 2.20. The molecule has 0 atom stereocenters. The number of aliphatic imine (C=N–C) groups is 1. The van der Waals surface area contributed by atoms with Gasteiger partial charge in [0, 0.05) is 13.5 Å². The van der Waals surface area contributed by atoms with E-state index in [1.807, 2.05) is 0 Å². The number of unbranched alkanes of at least 4 members (excludes halogenated alkanes) is 7. The maximum absolute atomic E-state index is 12.3. The van der Waals surface area contributed by atoms with Gasteiger partial charge < -0.3 is 14.4 Å². The van der Waals surface area contributed by atoms with E-state index in [-0.39, 0.29) is 25.0 Å². The van der Waals surface area contributed by atoms with Crippen LogP contribution in [0.25, 0.3) is 0 Å². The summed E-state index contributed by atoms with van der Waals surface area (Å²) in [5.74, 6) is -0.755. The first-order chi connectivity index (χ1) is 14.1. The third kappa shape index (κ3) is 15.8. The van der Waals surface area contributed by atoms with E-state index in [0.29, 0.717) is 6.42 Å². The van der Waals surface area contributed by atoms with Crippen LogP contribution in [0.4, 0.5) is 4.79 Å². The fraction of sp³-hybridized carbons (Fsp3) is 0.818. The van der Waals surface area contributed by atoms with E-state index < -0.39 is 17.7 Å². The molecule has 8 nitrogen and oxygen atoms in total. The molecule has 0 saturated carbocycles. The molecule has 8 heteroatoms. The Morgan fingerprint density at radius 3 is 2.03 bits per heavy atom. The van der Waals surface area contributed by atoms with Gasteiger partial charge in [-0.3, -0.25) is 14.9 Å². The molecule has 30 heavy (non-hydrogen) atoms. The van der Waals surface area contributed by atoms with Crippen LogP contribution in [0, 0.1) is 0 Å². The van der Waals surface area contributed by atoms with Crippen LogP contribution in [0.15, 0.2) is 4.99 Å². The minimum Gasteiger partial charge on any atom is -0.465 e. The molecule has 0 heterocycles. The number of carbonyl (C=O) groups excluding carboxylic acids is 3. The van der Waals surface area contributed by atoms with Crippen LogP contribution in [0.2, 0.25) is 0 Å². The van der Waals surface area contributed by atoms with Gasteiger partial charge in [-0.15, -0.1) is 4.99 Å². The van der Waals surface area contributed by atoms with Gasteiger partial charge in [-0.2, -0.15) is 0 Å². The van der Waals surface area contributed by atoms with E-state index in [0.717, 1.165) is 19.3 Å². The number of ether oxygens (including phenoxy) is 2. The summed E-state index contributed by atoms with van der Waals surface area (Å²) in [7, 11) is 1.55. The molecule has 174 valence electrons. The van der Waals surface area contributed by atoms with E-state index in [1.54, 1.807) is 34.7 Å². The average Bonchev–Trinajstić information content (AvgIpc) is 2.62. The summed E-state index contributed by atoms with van der Waals surface area (Å²) >= 11 is 0. The molecule has 0 aliphatic heterocycles. The van der Waals surface area contributed by atoms with E-state index in [4.69, 9.17) is 9.47 Å². The summed E-state index contributed by atoms with van der Waals surface area (Å²) in [6, 6.07) is 0. The zero-order valence-electron chi connectivity index (χ0n) is 19.7. The highest BCUT2D eigenvalue weighted by molar-refractivity contribution is 6.01. The van der Waals surface area contributed by atoms with Crippen LogP contribution in [-0.4, -0.2) is 54.6 Å². The molecule has 0 spiro atoms. The molecule has 0 aliphatic rings. The summed E-state index contributed by atoms with van der Waals surface area (Å²) < 4.78 is 10.1. The Balaban J connectivity index is 4.69. The SMILES string of the molecule is CCCCCCCCCCC(=O)NC(=NC(=O)OC(C)(C)C)N(C)CC(=O)OCC. The molecule has 1 N–H and O–H groups in total. The van der Waals surface area contributed by atoms with Crippen LogP contribution >= 0.6 is 0 Å². The molecule has 0 aromatic heterocycles. The smallest absolute Gasteiger partial charge is 0.437 e. The van der Waals surface area contributed by atoms with Crippen molar-refractivity contribution in [2.75, 3.05) is 20.2 Å². The molecule has 0 bridgehead atoms. The van der Waals surface area contributed by atoms with Gasteiger partial charge >= 0.3 is 12.1 Å². The predicted octanol–water partition coefficient (Wildman–Crippen LogP) is 4.42. The summed E-state index contributed by atoms with van der Waals surface area (Å²) in [6.45, 7) is 9.18. The second-order valence-electron chi connectivity index (χ2n) is 8.35. The Bertz CT molecular complexity index is 555. The lowest BCUT2D eigenvalue weighted by atomic mass is 10.1. The molecule has 0 fully saturated rings. The average molecular weight is 428 g/mol. The molecule has 2 amide bonds. The highest BCUT2D eigenvalue weighted by Crippen LogP contribution is 2.10. The van der Waals surface area contributed by atoms with Crippen LogP contribution in [0.3, 0.4) is 0 Å². The summed E-state index contributed by atoms with van der Waals surface area (Å²) in [4.78, 5) is 41.4. The Hall–Kier alpha value is -2.12. The number of carbonyl (C=O) groups is 3. The van der Waals surface area contributed by atoms with Crippen molar-refractivity contribution < 1.29 is 23.9 Å². The molecular weight excluding hydrogens is 386 g/mol. The van der Waals surface area contributed by atoms with Crippen LogP contribution in [0.5, 0.6) is 0 Å².